The lowest BCUT2D eigenvalue weighted by Gasteiger charge is -2.15. The van der Waals surface area contributed by atoms with Gasteiger partial charge in [0.25, 0.3) is 5.56 Å². The Labute approximate surface area is 171 Å². The molecule has 0 unspecified atom stereocenters. The fourth-order valence-electron chi connectivity index (χ4n) is 3.15. The Bertz CT molecular complexity index is 1150. The van der Waals surface area contributed by atoms with Crippen molar-refractivity contribution >= 4 is 39.2 Å². The van der Waals surface area contributed by atoms with E-state index in [1.165, 1.54) is 16.3 Å². The van der Waals surface area contributed by atoms with E-state index in [2.05, 4.69) is 4.98 Å². The number of alkyl halides is 3. The molecule has 3 aromatic rings. The third-order valence-electron chi connectivity index (χ3n) is 4.59. The maximum absolute atomic E-state index is 13.2. The molecule has 1 aliphatic rings. The summed E-state index contributed by atoms with van der Waals surface area (Å²) in [6, 6.07) is 3.41. The molecular weight excluding hydrogens is 431 g/mol. The summed E-state index contributed by atoms with van der Waals surface area (Å²) in [5, 5.41) is 1.17. The summed E-state index contributed by atoms with van der Waals surface area (Å²) in [6.45, 7) is 1.08. The number of carbonyl (C=O) groups is 1. The van der Waals surface area contributed by atoms with Gasteiger partial charge in [0.15, 0.2) is 0 Å². The first-order valence-electron chi connectivity index (χ1n) is 8.59. The summed E-state index contributed by atoms with van der Waals surface area (Å²) in [7, 11) is 0. The third kappa shape index (κ3) is 3.69. The second-order valence-electron chi connectivity index (χ2n) is 6.45. The quantitative estimate of drug-likeness (QED) is 0.587. The number of hydrogen-bond acceptors (Lipinski definition) is 5. The van der Waals surface area contributed by atoms with Crippen LogP contribution in [0.25, 0.3) is 21.3 Å². The Morgan fingerprint density at radius 3 is 2.66 bits per heavy atom. The Hall–Kier alpha value is -2.59. The van der Waals surface area contributed by atoms with E-state index in [1.54, 1.807) is 0 Å². The minimum Gasteiger partial charge on any atom is -0.312 e. The number of halogens is 4. The predicted octanol–water partition coefficient (Wildman–Crippen LogP) is 4.44. The van der Waals surface area contributed by atoms with Gasteiger partial charge in [-0.05, 0) is 30.5 Å². The first-order valence-corrected chi connectivity index (χ1v) is 9.84. The van der Waals surface area contributed by atoms with Gasteiger partial charge < -0.3 is 9.74 Å². The van der Waals surface area contributed by atoms with Crippen molar-refractivity contribution in [2.45, 2.75) is 19.0 Å². The van der Waals surface area contributed by atoms with E-state index in [4.69, 9.17) is 16.4 Å². The molecular formula is C18H13ClF3N3O3S. The molecule has 1 aromatic carbocycles. The number of thiophene rings is 1. The molecule has 0 aliphatic carbocycles. The molecule has 2 aromatic heterocycles. The number of nitrogens with zero attached hydrogens (tertiary/aromatic N) is 3. The fourth-order valence-corrected chi connectivity index (χ4v) is 4.28. The first-order chi connectivity index (χ1) is 13.8. The maximum Gasteiger partial charge on any atom is 0.434 e. The van der Waals surface area contributed by atoms with Crippen molar-refractivity contribution in [1.29, 1.82) is 0 Å². The number of rotatable bonds is 2. The molecule has 1 fully saturated rings. The SMILES string of the molecule is O=C(On1cnc2scc(-c3ccc(Cl)c(C(F)(F)F)c3)c2c1=O)N1CCCC1. The highest BCUT2D eigenvalue weighted by molar-refractivity contribution is 7.17. The summed E-state index contributed by atoms with van der Waals surface area (Å²) in [5.41, 5.74) is -1.25. The Morgan fingerprint density at radius 2 is 1.97 bits per heavy atom. The standard InChI is InChI=1S/C18H13ClF3N3O3S/c19-13-4-3-10(7-12(13)18(20,21)22)11-8-29-15-14(11)16(26)25(9-23-15)28-17(27)24-5-1-2-6-24/h3-4,7-9H,1-2,5-6H2. The van der Waals surface area contributed by atoms with E-state index in [0.29, 0.717) is 22.7 Å². The number of amides is 1. The molecule has 0 atom stereocenters. The van der Waals surface area contributed by atoms with Gasteiger partial charge in [-0.25, -0.2) is 9.78 Å². The van der Waals surface area contributed by atoms with E-state index in [0.717, 1.165) is 42.6 Å². The minimum atomic E-state index is -4.64. The summed E-state index contributed by atoms with van der Waals surface area (Å²) < 4.78 is 40.3. The molecule has 0 radical (unpaired) electrons. The van der Waals surface area contributed by atoms with Crippen LogP contribution in [0, 0.1) is 0 Å². The van der Waals surface area contributed by atoms with Gasteiger partial charge in [0, 0.05) is 24.0 Å². The second-order valence-corrected chi connectivity index (χ2v) is 7.71. The Kier molecular flexibility index (Phi) is 4.99. The van der Waals surface area contributed by atoms with Crippen LogP contribution in [0.1, 0.15) is 18.4 Å². The Balaban J connectivity index is 1.77. The highest BCUT2D eigenvalue weighted by atomic mass is 35.5. The van der Waals surface area contributed by atoms with Crippen molar-refractivity contribution < 1.29 is 22.8 Å². The van der Waals surface area contributed by atoms with Gasteiger partial charge in [-0.3, -0.25) is 4.79 Å². The number of benzene rings is 1. The highest BCUT2D eigenvalue weighted by Crippen LogP contribution is 2.39. The average molecular weight is 444 g/mol. The van der Waals surface area contributed by atoms with E-state index < -0.39 is 28.4 Å². The van der Waals surface area contributed by atoms with Gasteiger partial charge in [-0.2, -0.15) is 13.2 Å². The molecule has 6 nitrogen and oxygen atoms in total. The largest absolute Gasteiger partial charge is 0.434 e. The van der Waals surface area contributed by atoms with Crippen molar-refractivity contribution in [3.8, 4) is 11.1 Å². The molecule has 152 valence electrons. The lowest BCUT2D eigenvalue weighted by Crippen LogP contribution is -2.39. The van der Waals surface area contributed by atoms with E-state index in [9.17, 15) is 22.8 Å². The number of fused-ring (bicyclic) bond motifs is 1. The van der Waals surface area contributed by atoms with Crippen LogP contribution >= 0.6 is 22.9 Å². The first kappa shape index (κ1) is 19.7. The average Bonchev–Trinajstić information content (AvgIpc) is 3.33. The van der Waals surface area contributed by atoms with Crippen LogP contribution in [0.4, 0.5) is 18.0 Å². The lowest BCUT2D eigenvalue weighted by atomic mass is 10.0. The summed E-state index contributed by atoms with van der Waals surface area (Å²) in [4.78, 5) is 36.1. The zero-order valence-electron chi connectivity index (χ0n) is 14.7. The maximum atomic E-state index is 13.2. The molecule has 0 saturated carbocycles. The van der Waals surface area contributed by atoms with Crippen LogP contribution in [0.2, 0.25) is 5.02 Å². The predicted molar refractivity (Wildman–Crippen MR) is 102 cm³/mol. The Morgan fingerprint density at radius 1 is 1.24 bits per heavy atom. The number of hydrogen-bond donors (Lipinski definition) is 0. The molecule has 29 heavy (non-hydrogen) atoms. The van der Waals surface area contributed by atoms with Gasteiger partial charge >= 0.3 is 12.3 Å². The van der Waals surface area contributed by atoms with Crippen LogP contribution in [0.3, 0.4) is 0 Å². The normalized spacial score (nSPS) is 14.6. The van der Waals surface area contributed by atoms with E-state index in [1.807, 2.05) is 0 Å². The van der Waals surface area contributed by atoms with Crippen LogP contribution < -0.4 is 10.4 Å². The van der Waals surface area contributed by atoms with Crippen LogP contribution in [0.15, 0.2) is 34.7 Å². The van der Waals surface area contributed by atoms with Crippen molar-refractivity contribution in [3.05, 3.63) is 50.8 Å². The molecule has 1 amide bonds. The van der Waals surface area contributed by atoms with Gasteiger partial charge in [-0.1, -0.05) is 17.7 Å². The summed E-state index contributed by atoms with van der Waals surface area (Å²) in [5.74, 6) is 0. The third-order valence-corrected chi connectivity index (χ3v) is 5.80. The van der Waals surface area contributed by atoms with Crippen molar-refractivity contribution in [3.63, 3.8) is 0 Å². The molecule has 0 N–H and O–H groups in total. The number of likely N-dealkylation sites (tertiary alicyclic amines) is 1. The van der Waals surface area contributed by atoms with Gasteiger partial charge in [-0.15, -0.1) is 16.1 Å². The number of aromatic nitrogens is 2. The van der Waals surface area contributed by atoms with Gasteiger partial charge in [0.05, 0.1) is 16.0 Å². The van der Waals surface area contributed by atoms with Gasteiger partial charge in [0.2, 0.25) is 0 Å². The van der Waals surface area contributed by atoms with Crippen molar-refractivity contribution in [2.75, 3.05) is 13.1 Å². The van der Waals surface area contributed by atoms with Crippen molar-refractivity contribution in [2.24, 2.45) is 0 Å². The molecule has 1 saturated heterocycles. The van der Waals surface area contributed by atoms with E-state index >= 15 is 0 Å². The molecule has 0 spiro atoms. The smallest absolute Gasteiger partial charge is 0.312 e. The lowest BCUT2D eigenvalue weighted by molar-refractivity contribution is -0.137. The van der Waals surface area contributed by atoms with Crippen LogP contribution in [0.5, 0.6) is 0 Å². The number of carbonyl (C=O) groups excluding carboxylic acids is 1. The molecule has 4 rings (SSSR count). The van der Waals surface area contributed by atoms with Crippen molar-refractivity contribution in [1.82, 2.24) is 14.6 Å². The van der Waals surface area contributed by atoms with E-state index in [-0.39, 0.29) is 16.5 Å². The monoisotopic (exact) mass is 443 g/mol. The highest BCUT2D eigenvalue weighted by Gasteiger charge is 2.33. The summed E-state index contributed by atoms with van der Waals surface area (Å²) in [6.07, 6.45) is -2.51. The fraction of sp³-hybridized carbons (Fsp3) is 0.278. The zero-order chi connectivity index (χ0) is 20.8. The molecule has 3 heterocycles. The van der Waals surface area contributed by atoms with Crippen LogP contribution in [-0.2, 0) is 6.18 Å². The molecule has 0 bridgehead atoms. The molecule has 11 heteroatoms. The second kappa shape index (κ2) is 7.34. The minimum absolute atomic E-state index is 0.0715. The summed E-state index contributed by atoms with van der Waals surface area (Å²) >= 11 is 6.78. The molecule has 1 aliphatic heterocycles. The topological polar surface area (TPSA) is 64.4 Å². The van der Waals surface area contributed by atoms with Crippen LogP contribution in [-0.4, -0.2) is 33.8 Å². The zero-order valence-corrected chi connectivity index (χ0v) is 16.3. The van der Waals surface area contributed by atoms with Gasteiger partial charge in [0.1, 0.15) is 11.2 Å².